The van der Waals surface area contributed by atoms with Crippen LogP contribution in [0, 0.1) is 23.2 Å². The van der Waals surface area contributed by atoms with Crippen molar-refractivity contribution in [1.82, 2.24) is 10.6 Å². The van der Waals surface area contributed by atoms with Crippen LogP contribution in [0.25, 0.3) is 0 Å². The Morgan fingerprint density at radius 1 is 0.966 bits per heavy atom. The van der Waals surface area contributed by atoms with Crippen LogP contribution in [0.1, 0.15) is 51.4 Å². The third-order valence-electron chi connectivity index (χ3n) is 7.19. The van der Waals surface area contributed by atoms with Crippen LogP contribution in [0.2, 0.25) is 0 Å². The quantitative estimate of drug-likeness (QED) is 0.555. The van der Waals surface area contributed by atoms with Gasteiger partial charge in [-0.15, -0.1) is 0 Å². The number of hydrogen-bond donors (Lipinski definition) is 2. The third kappa shape index (κ3) is 4.88. The van der Waals surface area contributed by atoms with Crippen molar-refractivity contribution in [3.05, 3.63) is 24.3 Å². The van der Waals surface area contributed by atoms with Crippen molar-refractivity contribution in [2.24, 2.45) is 23.2 Å². The van der Waals surface area contributed by atoms with Crippen LogP contribution >= 0.6 is 0 Å². The summed E-state index contributed by atoms with van der Waals surface area (Å²) in [7, 11) is 1.66. The van der Waals surface area contributed by atoms with Crippen LogP contribution in [-0.2, 0) is 4.79 Å². The lowest BCUT2D eigenvalue weighted by atomic mass is 9.49. The number of nitrogens with one attached hydrogen (secondary N) is 2. The number of amides is 1. The summed E-state index contributed by atoms with van der Waals surface area (Å²) in [5, 5.41) is 6.68. The number of carbonyl (C=O) groups is 1. The summed E-state index contributed by atoms with van der Waals surface area (Å²) in [4.78, 5) is 12.9. The molecule has 1 aromatic rings. The Kier molecular flexibility index (Phi) is 6.63. The molecule has 5 rings (SSSR count). The zero-order chi connectivity index (χ0) is 20.1. The van der Waals surface area contributed by atoms with Crippen molar-refractivity contribution in [3.8, 4) is 11.5 Å². The molecule has 2 N–H and O–H groups in total. The van der Waals surface area contributed by atoms with E-state index in [1.165, 1.54) is 19.3 Å². The molecule has 1 amide bonds. The fourth-order valence-corrected chi connectivity index (χ4v) is 6.25. The summed E-state index contributed by atoms with van der Waals surface area (Å²) >= 11 is 0. The van der Waals surface area contributed by atoms with E-state index in [0.717, 1.165) is 81.0 Å². The predicted octanol–water partition coefficient (Wildman–Crippen LogP) is 3.78. The molecule has 5 heteroatoms. The molecule has 0 aromatic heterocycles. The van der Waals surface area contributed by atoms with Crippen molar-refractivity contribution in [2.75, 3.05) is 33.4 Å². The van der Waals surface area contributed by atoms with Crippen LogP contribution < -0.4 is 20.1 Å². The van der Waals surface area contributed by atoms with E-state index in [1.54, 1.807) is 7.11 Å². The van der Waals surface area contributed by atoms with Crippen LogP contribution in [0.4, 0.5) is 0 Å². The number of rotatable bonds is 11. The molecular formula is C24H36N2O3. The molecule has 4 aliphatic rings. The monoisotopic (exact) mass is 400 g/mol. The number of ether oxygens (including phenoxy) is 2. The second kappa shape index (κ2) is 9.38. The summed E-state index contributed by atoms with van der Waals surface area (Å²) in [6.07, 6.45) is 9.71. The van der Waals surface area contributed by atoms with Gasteiger partial charge in [0.25, 0.3) is 0 Å². The molecule has 0 radical (unpaired) electrons. The van der Waals surface area contributed by atoms with Crippen molar-refractivity contribution in [1.29, 1.82) is 0 Å². The maximum Gasteiger partial charge on any atom is 0.226 e. The lowest BCUT2D eigenvalue weighted by Gasteiger charge is -2.55. The minimum atomic E-state index is -0.0111. The molecule has 5 nitrogen and oxygen atoms in total. The molecule has 0 atom stereocenters. The van der Waals surface area contributed by atoms with Crippen molar-refractivity contribution < 1.29 is 14.3 Å². The molecule has 4 fully saturated rings. The van der Waals surface area contributed by atoms with E-state index in [-0.39, 0.29) is 5.41 Å². The lowest BCUT2D eigenvalue weighted by molar-refractivity contribution is -0.146. The summed E-state index contributed by atoms with van der Waals surface area (Å²) in [6.45, 7) is 3.17. The van der Waals surface area contributed by atoms with Gasteiger partial charge in [-0.3, -0.25) is 4.79 Å². The SMILES string of the molecule is COc1ccccc1OCCNCCCCNC(=O)C12CC3CC(CC(C3)C1)C2. The first kappa shape index (κ1) is 20.5. The molecule has 4 aliphatic carbocycles. The average molecular weight is 401 g/mol. The summed E-state index contributed by atoms with van der Waals surface area (Å²) in [6, 6.07) is 7.71. The number of methoxy groups -OCH3 is 1. The molecule has 0 saturated heterocycles. The number of hydrogen-bond acceptors (Lipinski definition) is 4. The van der Waals surface area contributed by atoms with Gasteiger partial charge in [-0.2, -0.15) is 0 Å². The molecule has 0 heterocycles. The van der Waals surface area contributed by atoms with Crippen molar-refractivity contribution in [2.45, 2.75) is 51.4 Å². The fraction of sp³-hybridized carbons (Fsp3) is 0.708. The van der Waals surface area contributed by atoms with E-state index in [2.05, 4.69) is 10.6 Å². The maximum atomic E-state index is 12.9. The first-order valence-electron chi connectivity index (χ1n) is 11.4. The number of unbranched alkanes of at least 4 members (excludes halogenated alkanes) is 1. The average Bonchev–Trinajstić information content (AvgIpc) is 2.71. The Labute approximate surface area is 174 Å². The van der Waals surface area contributed by atoms with E-state index >= 15 is 0 Å². The highest BCUT2D eigenvalue weighted by atomic mass is 16.5. The second-order valence-electron chi connectivity index (χ2n) is 9.41. The van der Waals surface area contributed by atoms with Gasteiger partial charge >= 0.3 is 0 Å². The van der Waals surface area contributed by atoms with Gasteiger partial charge in [0.05, 0.1) is 7.11 Å². The molecule has 160 valence electrons. The Morgan fingerprint density at radius 2 is 1.59 bits per heavy atom. The maximum absolute atomic E-state index is 12.9. The lowest BCUT2D eigenvalue weighted by Crippen LogP contribution is -2.53. The molecule has 4 saturated carbocycles. The minimum Gasteiger partial charge on any atom is -0.493 e. The van der Waals surface area contributed by atoms with Gasteiger partial charge in [-0.25, -0.2) is 0 Å². The molecular weight excluding hydrogens is 364 g/mol. The highest BCUT2D eigenvalue weighted by Gasteiger charge is 2.54. The molecule has 1 aromatic carbocycles. The molecule has 0 spiro atoms. The van der Waals surface area contributed by atoms with Gasteiger partial charge in [-0.1, -0.05) is 12.1 Å². The molecule has 0 unspecified atom stereocenters. The number of para-hydroxylation sites is 2. The van der Waals surface area contributed by atoms with E-state index in [4.69, 9.17) is 9.47 Å². The van der Waals surface area contributed by atoms with Crippen LogP contribution in [-0.4, -0.2) is 39.3 Å². The van der Waals surface area contributed by atoms with Gasteiger partial charge in [0.2, 0.25) is 5.91 Å². The number of carbonyl (C=O) groups excluding carboxylic acids is 1. The third-order valence-corrected chi connectivity index (χ3v) is 7.19. The largest absolute Gasteiger partial charge is 0.493 e. The van der Waals surface area contributed by atoms with Gasteiger partial charge in [-0.05, 0) is 87.8 Å². The first-order valence-corrected chi connectivity index (χ1v) is 11.4. The molecule has 29 heavy (non-hydrogen) atoms. The summed E-state index contributed by atoms with van der Waals surface area (Å²) < 4.78 is 11.0. The summed E-state index contributed by atoms with van der Waals surface area (Å²) in [5.74, 6) is 4.39. The normalized spacial score (nSPS) is 29.6. The fourth-order valence-electron chi connectivity index (χ4n) is 6.25. The Hall–Kier alpha value is -1.75. The van der Waals surface area contributed by atoms with E-state index in [1.807, 2.05) is 24.3 Å². The Balaban J connectivity index is 1.06. The highest BCUT2D eigenvalue weighted by Crippen LogP contribution is 2.60. The minimum absolute atomic E-state index is 0.0111. The first-order chi connectivity index (χ1) is 14.2. The second-order valence-corrected chi connectivity index (χ2v) is 9.41. The van der Waals surface area contributed by atoms with Crippen LogP contribution in [0.5, 0.6) is 11.5 Å². The molecule has 4 bridgehead atoms. The van der Waals surface area contributed by atoms with Crippen molar-refractivity contribution in [3.63, 3.8) is 0 Å². The zero-order valence-corrected chi connectivity index (χ0v) is 17.8. The number of benzene rings is 1. The standard InChI is InChI=1S/C24H36N2O3/c1-28-21-6-2-3-7-22(21)29-11-10-25-8-4-5-9-26-23(27)24-15-18-12-19(16-24)14-20(13-18)17-24/h2-3,6-7,18-20,25H,4-5,8-17H2,1H3,(H,26,27). The van der Waals surface area contributed by atoms with E-state index in [9.17, 15) is 4.79 Å². The Morgan fingerprint density at radius 3 is 2.24 bits per heavy atom. The topological polar surface area (TPSA) is 59.6 Å². The highest BCUT2D eigenvalue weighted by molar-refractivity contribution is 5.83. The van der Waals surface area contributed by atoms with Crippen LogP contribution in [0.3, 0.4) is 0 Å². The zero-order valence-electron chi connectivity index (χ0n) is 17.8. The van der Waals surface area contributed by atoms with Gasteiger partial charge in [0.1, 0.15) is 6.61 Å². The van der Waals surface area contributed by atoms with E-state index < -0.39 is 0 Å². The van der Waals surface area contributed by atoms with E-state index in [0.29, 0.717) is 12.5 Å². The van der Waals surface area contributed by atoms with Gasteiger partial charge in [0.15, 0.2) is 11.5 Å². The van der Waals surface area contributed by atoms with Crippen molar-refractivity contribution >= 4 is 5.91 Å². The molecule has 0 aliphatic heterocycles. The van der Waals surface area contributed by atoms with Gasteiger partial charge in [0, 0.05) is 18.5 Å². The Bertz CT molecular complexity index is 655. The van der Waals surface area contributed by atoms with Crippen LogP contribution in [0.15, 0.2) is 24.3 Å². The summed E-state index contributed by atoms with van der Waals surface area (Å²) in [5.41, 5.74) is -0.0111. The van der Waals surface area contributed by atoms with Gasteiger partial charge < -0.3 is 20.1 Å². The smallest absolute Gasteiger partial charge is 0.226 e. The predicted molar refractivity (Wildman–Crippen MR) is 114 cm³/mol.